The van der Waals surface area contributed by atoms with Crippen LogP contribution < -0.4 is 14.7 Å². The lowest BCUT2D eigenvalue weighted by molar-refractivity contribution is -0.305. The van der Waals surface area contributed by atoms with Crippen molar-refractivity contribution in [2.75, 3.05) is 18.6 Å². The van der Waals surface area contributed by atoms with Gasteiger partial charge in [0.15, 0.2) is 0 Å². The molecule has 1 aromatic carbocycles. The first-order valence-electron chi connectivity index (χ1n) is 8.00. The number of hydrogen-bond acceptors (Lipinski definition) is 6. The van der Waals surface area contributed by atoms with Gasteiger partial charge in [0.1, 0.15) is 11.8 Å². The van der Waals surface area contributed by atoms with Gasteiger partial charge in [-0.15, -0.1) is 6.58 Å². The third-order valence-corrected chi connectivity index (χ3v) is 4.02. The summed E-state index contributed by atoms with van der Waals surface area (Å²) >= 11 is 0. The molecule has 1 fully saturated rings. The predicted molar refractivity (Wildman–Crippen MR) is 90.0 cm³/mol. The van der Waals surface area contributed by atoms with E-state index in [9.17, 15) is 24.3 Å². The molecule has 138 valence electrons. The quantitative estimate of drug-likeness (QED) is 0.473. The number of nitrogens with zero attached hydrogens (tertiary/aromatic N) is 2. The smallest absolute Gasteiger partial charge is 0.257 e. The van der Waals surface area contributed by atoms with E-state index in [1.807, 2.05) is 0 Å². The first-order valence-corrected chi connectivity index (χ1v) is 8.00. The van der Waals surface area contributed by atoms with E-state index >= 15 is 0 Å². The van der Waals surface area contributed by atoms with Crippen LogP contribution >= 0.6 is 0 Å². The predicted octanol–water partition coefficient (Wildman–Crippen LogP) is -0.128. The molecule has 8 nitrogen and oxygen atoms in total. The summed E-state index contributed by atoms with van der Waals surface area (Å²) in [5, 5.41) is 10.6. The highest BCUT2D eigenvalue weighted by molar-refractivity contribution is 6.23. The fraction of sp³-hybridized carbons (Fsp3) is 0.333. The number of anilines is 1. The van der Waals surface area contributed by atoms with Gasteiger partial charge in [-0.3, -0.25) is 14.4 Å². The van der Waals surface area contributed by atoms with Crippen molar-refractivity contribution in [1.82, 2.24) is 4.90 Å². The maximum absolute atomic E-state index is 12.7. The minimum atomic E-state index is -1.36. The molecule has 1 heterocycles. The molecule has 0 aromatic heterocycles. The van der Waals surface area contributed by atoms with Crippen molar-refractivity contribution in [3.63, 3.8) is 0 Å². The van der Waals surface area contributed by atoms with E-state index < -0.39 is 36.2 Å². The Morgan fingerprint density at radius 3 is 2.50 bits per heavy atom. The summed E-state index contributed by atoms with van der Waals surface area (Å²) in [4.78, 5) is 50.2. The summed E-state index contributed by atoms with van der Waals surface area (Å²) in [6.07, 6.45) is 0.487. The van der Waals surface area contributed by atoms with Crippen molar-refractivity contribution < 1.29 is 29.0 Å². The van der Waals surface area contributed by atoms with Gasteiger partial charge >= 0.3 is 0 Å². The number of carboxylic acid groups (broad SMARTS) is 1. The van der Waals surface area contributed by atoms with Crippen molar-refractivity contribution in [2.45, 2.75) is 25.3 Å². The number of methoxy groups -OCH3 is 1. The topological polar surface area (TPSA) is 107 Å². The lowest BCUT2D eigenvalue weighted by Gasteiger charge is -2.26. The zero-order valence-electron chi connectivity index (χ0n) is 14.3. The monoisotopic (exact) mass is 359 g/mol. The first-order chi connectivity index (χ1) is 12.4. The SMILES string of the molecule is C=CCN(C(=O)CCC(=O)[O-])[C@@H]1CC(=O)N(c2ccc(OC)cc2)C1=O. The second-order valence-corrected chi connectivity index (χ2v) is 5.69. The fourth-order valence-corrected chi connectivity index (χ4v) is 2.76. The summed E-state index contributed by atoms with van der Waals surface area (Å²) in [5.41, 5.74) is 0.379. The highest BCUT2D eigenvalue weighted by Gasteiger charge is 2.43. The Morgan fingerprint density at radius 2 is 1.96 bits per heavy atom. The molecule has 8 heteroatoms. The van der Waals surface area contributed by atoms with Crippen molar-refractivity contribution in [3.8, 4) is 5.75 Å². The molecule has 1 aromatic rings. The van der Waals surface area contributed by atoms with Gasteiger partial charge in [0.25, 0.3) is 5.91 Å². The van der Waals surface area contributed by atoms with Gasteiger partial charge in [0, 0.05) is 18.9 Å². The molecule has 0 N–H and O–H groups in total. The number of hydrogen-bond donors (Lipinski definition) is 0. The summed E-state index contributed by atoms with van der Waals surface area (Å²) in [6.45, 7) is 3.58. The number of amides is 3. The van der Waals surface area contributed by atoms with Gasteiger partial charge in [-0.25, -0.2) is 4.90 Å². The van der Waals surface area contributed by atoms with Crippen molar-refractivity contribution in [1.29, 1.82) is 0 Å². The molecule has 1 aliphatic heterocycles. The number of carbonyl (C=O) groups is 4. The van der Waals surface area contributed by atoms with E-state index in [4.69, 9.17) is 4.74 Å². The number of ether oxygens (including phenoxy) is 1. The Kier molecular flexibility index (Phi) is 6.11. The Hall–Kier alpha value is -3.16. The number of aliphatic carboxylic acids is 1. The minimum absolute atomic E-state index is 0.0338. The van der Waals surface area contributed by atoms with E-state index in [0.29, 0.717) is 11.4 Å². The molecule has 0 aliphatic carbocycles. The molecule has 26 heavy (non-hydrogen) atoms. The van der Waals surface area contributed by atoms with Crippen LogP contribution in [0.2, 0.25) is 0 Å². The standard InChI is InChI=1S/C18H20N2O6/c1-3-10-19(15(21)8-9-17(23)24)14-11-16(22)20(18(14)25)12-4-6-13(26-2)7-5-12/h3-7,14H,1,8-11H2,2H3,(H,23,24)/p-1/t14-/m1/s1. The first kappa shape index (κ1) is 19.2. The normalized spacial score (nSPS) is 16.5. The molecule has 0 unspecified atom stereocenters. The molecular formula is C18H19N2O6-. The van der Waals surface area contributed by atoms with Crippen LogP contribution in [0.3, 0.4) is 0 Å². The van der Waals surface area contributed by atoms with E-state index in [2.05, 4.69) is 6.58 Å². The minimum Gasteiger partial charge on any atom is -0.550 e. The van der Waals surface area contributed by atoms with Crippen LogP contribution in [0.5, 0.6) is 5.75 Å². The molecule has 2 rings (SSSR count). The van der Waals surface area contributed by atoms with Crippen LogP contribution in [0, 0.1) is 0 Å². The van der Waals surface area contributed by atoms with Crippen LogP contribution in [-0.4, -0.2) is 48.3 Å². The van der Waals surface area contributed by atoms with Crippen LogP contribution in [0.15, 0.2) is 36.9 Å². The molecule has 0 spiro atoms. The second kappa shape index (κ2) is 8.28. The van der Waals surface area contributed by atoms with Crippen molar-refractivity contribution in [3.05, 3.63) is 36.9 Å². The fourth-order valence-electron chi connectivity index (χ4n) is 2.76. The van der Waals surface area contributed by atoms with Crippen LogP contribution in [0.1, 0.15) is 19.3 Å². The number of imide groups is 1. The van der Waals surface area contributed by atoms with Crippen molar-refractivity contribution >= 4 is 29.4 Å². The zero-order valence-corrected chi connectivity index (χ0v) is 14.3. The highest BCUT2D eigenvalue weighted by atomic mass is 16.5. The van der Waals surface area contributed by atoms with Crippen LogP contribution in [-0.2, 0) is 19.2 Å². The molecular weight excluding hydrogens is 340 g/mol. The summed E-state index contributed by atoms with van der Waals surface area (Å²) in [5.74, 6) is -2.30. The van der Waals surface area contributed by atoms with Gasteiger partial charge in [-0.2, -0.15) is 0 Å². The summed E-state index contributed by atoms with van der Waals surface area (Å²) in [6, 6.07) is 5.40. The summed E-state index contributed by atoms with van der Waals surface area (Å²) < 4.78 is 5.05. The van der Waals surface area contributed by atoms with Gasteiger partial charge in [0.2, 0.25) is 11.8 Å². The van der Waals surface area contributed by atoms with E-state index in [1.54, 1.807) is 24.3 Å². The lowest BCUT2D eigenvalue weighted by Crippen LogP contribution is -2.45. The molecule has 0 saturated carbocycles. The lowest BCUT2D eigenvalue weighted by atomic mass is 10.1. The van der Waals surface area contributed by atoms with Crippen LogP contribution in [0.25, 0.3) is 0 Å². The highest BCUT2D eigenvalue weighted by Crippen LogP contribution is 2.27. The Morgan fingerprint density at radius 1 is 1.31 bits per heavy atom. The van der Waals surface area contributed by atoms with Gasteiger partial charge < -0.3 is 19.5 Å². The number of rotatable bonds is 8. The maximum Gasteiger partial charge on any atom is 0.257 e. The molecule has 3 amide bonds. The Bertz CT molecular complexity index is 728. The van der Waals surface area contributed by atoms with E-state index in [1.165, 1.54) is 18.1 Å². The van der Waals surface area contributed by atoms with E-state index in [-0.39, 0.29) is 19.4 Å². The molecule has 1 aliphatic rings. The third kappa shape index (κ3) is 4.08. The van der Waals surface area contributed by atoms with Crippen molar-refractivity contribution in [2.24, 2.45) is 0 Å². The average molecular weight is 359 g/mol. The number of benzene rings is 1. The molecule has 1 atom stereocenters. The maximum atomic E-state index is 12.7. The molecule has 0 radical (unpaired) electrons. The van der Waals surface area contributed by atoms with Gasteiger partial charge in [0.05, 0.1) is 19.2 Å². The number of carboxylic acids is 1. The molecule has 0 bridgehead atoms. The van der Waals surface area contributed by atoms with Gasteiger partial charge in [-0.05, 0) is 30.7 Å². The largest absolute Gasteiger partial charge is 0.550 e. The Balaban J connectivity index is 2.21. The second-order valence-electron chi connectivity index (χ2n) is 5.69. The average Bonchev–Trinajstić information content (AvgIpc) is 2.91. The van der Waals surface area contributed by atoms with Gasteiger partial charge in [-0.1, -0.05) is 6.08 Å². The zero-order chi connectivity index (χ0) is 19.3. The number of carbonyl (C=O) groups excluding carboxylic acids is 4. The third-order valence-electron chi connectivity index (χ3n) is 4.02. The van der Waals surface area contributed by atoms with Crippen LogP contribution in [0.4, 0.5) is 5.69 Å². The van der Waals surface area contributed by atoms with E-state index in [0.717, 1.165) is 4.90 Å². The summed E-state index contributed by atoms with van der Waals surface area (Å²) in [7, 11) is 1.50. The molecule has 1 saturated heterocycles. The Labute approximate surface area is 150 Å².